The van der Waals surface area contributed by atoms with Crippen molar-refractivity contribution in [3.05, 3.63) is 16.8 Å². The number of rotatable bonds is 5. The fourth-order valence-electron chi connectivity index (χ4n) is 1.08. The van der Waals surface area contributed by atoms with Gasteiger partial charge in [-0.3, -0.25) is 4.79 Å². The molecule has 0 atom stereocenters. The zero-order valence-corrected chi connectivity index (χ0v) is 9.95. The van der Waals surface area contributed by atoms with Crippen molar-refractivity contribution in [1.82, 2.24) is 15.1 Å². The molecule has 3 N–H and O–H groups in total. The van der Waals surface area contributed by atoms with Crippen molar-refractivity contribution in [2.24, 2.45) is 5.73 Å². The van der Waals surface area contributed by atoms with Crippen LogP contribution in [0.3, 0.4) is 0 Å². The van der Waals surface area contributed by atoms with E-state index in [0.29, 0.717) is 12.4 Å². The van der Waals surface area contributed by atoms with Gasteiger partial charge < -0.3 is 16.0 Å². The molecular weight excluding hydrogens is 230 g/mol. The lowest BCUT2D eigenvalue weighted by atomic mass is 10.2. The van der Waals surface area contributed by atoms with Crippen LogP contribution in [-0.4, -0.2) is 48.2 Å². The van der Waals surface area contributed by atoms with Crippen LogP contribution in [0.1, 0.15) is 10.4 Å². The zero-order valence-electron chi connectivity index (χ0n) is 9.20. The fourth-order valence-corrected chi connectivity index (χ4v) is 1.23. The maximum Gasteiger partial charge on any atom is 0.252 e. The normalized spacial score (nSPS) is 10.5. The number of primary amides is 1. The van der Waals surface area contributed by atoms with Crippen LogP contribution in [0.15, 0.2) is 6.07 Å². The number of hydrogen-bond donors (Lipinski definition) is 2. The molecule has 1 aromatic rings. The summed E-state index contributed by atoms with van der Waals surface area (Å²) in [4.78, 5) is 13.1. The minimum atomic E-state index is -0.579. The Morgan fingerprint density at radius 2 is 2.25 bits per heavy atom. The summed E-state index contributed by atoms with van der Waals surface area (Å²) in [6, 6.07) is 1.40. The van der Waals surface area contributed by atoms with Gasteiger partial charge in [-0.15, -0.1) is 10.2 Å². The van der Waals surface area contributed by atoms with Gasteiger partial charge in [0.1, 0.15) is 0 Å². The third-order valence-corrected chi connectivity index (χ3v) is 2.07. The van der Waals surface area contributed by atoms with E-state index in [4.69, 9.17) is 17.3 Å². The summed E-state index contributed by atoms with van der Waals surface area (Å²) in [5, 5.41) is 10.6. The summed E-state index contributed by atoms with van der Waals surface area (Å²) in [6.07, 6.45) is 0. The molecule has 1 heterocycles. The number of hydrogen-bond acceptors (Lipinski definition) is 5. The highest BCUT2D eigenvalue weighted by Crippen LogP contribution is 2.14. The maximum absolute atomic E-state index is 11.1. The molecule has 7 heteroatoms. The number of halogens is 1. The predicted molar refractivity (Wildman–Crippen MR) is 62.6 cm³/mol. The number of carbonyl (C=O) groups is 1. The first-order chi connectivity index (χ1) is 7.50. The second kappa shape index (κ2) is 5.62. The van der Waals surface area contributed by atoms with Crippen LogP contribution >= 0.6 is 11.6 Å². The van der Waals surface area contributed by atoms with Gasteiger partial charge in [0.05, 0.1) is 5.56 Å². The highest BCUT2D eigenvalue weighted by atomic mass is 35.5. The molecule has 1 rings (SSSR count). The van der Waals surface area contributed by atoms with E-state index < -0.39 is 5.91 Å². The summed E-state index contributed by atoms with van der Waals surface area (Å²) in [5.74, 6) is -0.220. The first kappa shape index (κ1) is 12.7. The van der Waals surface area contributed by atoms with Crippen LogP contribution in [0.2, 0.25) is 5.15 Å². The summed E-state index contributed by atoms with van der Waals surface area (Å²) in [5.41, 5.74) is 5.45. The summed E-state index contributed by atoms with van der Waals surface area (Å²) >= 11 is 5.63. The standard InChI is InChI=1S/C9H14ClN5O/c1-15(2)4-3-12-9-6(8(11)16)5-7(10)13-14-9/h5H,3-4H2,1-2H3,(H2,11,16)(H,12,14). The van der Waals surface area contributed by atoms with E-state index in [1.807, 2.05) is 19.0 Å². The van der Waals surface area contributed by atoms with Gasteiger partial charge in [0, 0.05) is 13.1 Å². The Balaban J connectivity index is 2.75. The molecule has 0 unspecified atom stereocenters. The van der Waals surface area contributed by atoms with Crippen LogP contribution in [0.4, 0.5) is 5.82 Å². The Kier molecular flexibility index (Phi) is 4.45. The number of amides is 1. The second-order valence-electron chi connectivity index (χ2n) is 3.52. The van der Waals surface area contributed by atoms with Crippen LogP contribution in [0, 0.1) is 0 Å². The number of likely N-dealkylation sites (N-methyl/N-ethyl adjacent to an activating group) is 1. The van der Waals surface area contributed by atoms with Gasteiger partial charge in [0.25, 0.3) is 5.91 Å². The average molecular weight is 244 g/mol. The summed E-state index contributed by atoms with van der Waals surface area (Å²) in [7, 11) is 3.90. The first-order valence-corrected chi connectivity index (χ1v) is 5.10. The monoisotopic (exact) mass is 243 g/mol. The quantitative estimate of drug-likeness (QED) is 0.772. The van der Waals surface area contributed by atoms with E-state index in [1.165, 1.54) is 6.07 Å². The minimum Gasteiger partial charge on any atom is -0.367 e. The molecule has 0 radical (unpaired) electrons. The van der Waals surface area contributed by atoms with E-state index in [1.54, 1.807) is 0 Å². The van der Waals surface area contributed by atoms with E-state index in [9.17, 15) is 4.79 Å². The molecular formula is C9H14ClN5O. The molecule has 0 aromatic carbocycles. The highest BCUT2D eigenvalue weighted by Gasteiger charge is 2.11. The Hall–Kier alpha value is -1.40. The lowest BCUT2D eigenvalue weighted by Crippen LogP contribution is -2.23. The van der Waals surface area contributed by atoms with Gasteiger partial charge in [-0.2, -0.15) is 0 Å². The Bertz CT molecular complexity index is 382. The molecule has 6 nitrogen and oxygen atoms in total. The van der Waals surface area contributed by atoms with Crippen LogP contribution in [0.5, 0.6) is 0 Å². The fraction of sp³-hybridized carbons (Fsp3) is 0.444. The topological polar surface area (TPSA) is 84.1 Å². The molecule has 0 aliphatic rings. The molecule has 0 fully saturated rings. The molecule has 1 amide bonds. The van der Waals surface area contributed by atoms with Gasteiger partial charge in [0.15, 0.2) is 11.0 Å². The van der Waals surface area contributed by atoms with E-state index in [0.717, 1.165) is 6.54 Å². The molecule has 0 bridgehead atoms. The lowest BCUT2D eigenvalue weighted by molar-refractivity contribution is 0.100. The second-order valence-corrected chi connectivity index (χ2v) is 3.91. The van der Waals surface area contributed by atoms with Crippen molar-refractivity contribution in [2.45, 2.75) is 0 Å². The van der Waals surface area contributed by atoms with Crippen molar-refractivity contribution < 1.29 is 4.79 Å². The summed E-state index contributed by atoms with van der Waals surface area (Å²) < 4.78 is 0. The molecule has 88 valence electrons. The van der Waals surface area contributed by atoms with E-state index >= 15 is 0 Å². The molecule has 0 saturated carbocycles. The van der Waals surface area contributed by atoms with E-state index in [-0.39, 0.29) is 10.7 Å². The van der Waals surface area contributed by atoms with Gasteiger partial charge >= 0.3 is 0 Å². The maximum atomic E-state index is 11.1. The smallest absolute Gasteiger partial charge is 0.252 e. The van der Waals surface area contributed by atoms with Crippen LogP contribution < -0.4 is 11.1 Å². The van der Waals surface area contributed by atoms with Gasteiger partial charge in [-0.25, -0.2) is 0 Å². The van der Waals surface area contributed by atoms with Crippen LogP contribution in [0.25, 0.3) is 0 Å². The minimum absolute atomic E-state index is 0.145. The van der Waals surface area contributed by atoms with Gasteiger partial charge in [-0.05, 0) is 20.2 Å². The Labute approximate surface area is 98.8 Å². The number of carbonyl (C=O) groups excluding carboxylic acids is 1. The third kappa shape index (κ3) is 3.63. The van der Waals surface area contributed by atoms with Gasteiger partial charge in [0.2, 0.25) is 0 Å². The molecule has 0 spiro atoms. The number of nitrogens with one attached hydrogen (secondary N) is 1. The van der Waals surface area contributed by atoms with Crippen molar-refractivity contribution >= 4 is 23.3 Å². The largest absolute Gasteiger partial charge is 0.367 e. The van der Waals surface area contributed by atoms with Crippen LogP contribution in [-0.2, 0) is 0 Å². The van der Waals surface area contributed by atoms with Crippen molar-refractivity contribution in [2.75, 3.05) is 32.5 Å². The lowest BCUT2D eigenvalue weighted by Gasteiger charge is -2.11. The Morgan fingerprint density at radius 1 is 1.56 bits per heavy atom. The highest BCUT2D eigenvalue weighted by molar-refractivity contribution is 6.29. The molecule has 16 heavy (non-hydrogen) atoms. The molecule has 0 aliphatic heterocycles. The third-order valence-electron chi connectivity index (χ3n) is 1.88. The van der Waals surface area contributed by atoms with Gasteiger partial charge in [-0.1, -0.05) is 11.6 Å². The predicted octanol–water partition coefficient (Wildman–Crippen LogP) is 0.202. The number of aromatic nitrogens is 2. The van der Waals surface area contributed by atoms with E-state index in [2.05, 4.69) is 15.5 Å². The summed E-state index contributed by atoms with van der Waals surface area (Å²) in [6.45, 7) is 1.45. The Morgan fingerprint density at radius 3 is 2.81 bits per heavy atom. The molecule has 0 saturated heterocycles. The number of nitrogens with zero attached hydrogens (tertiary/aromatic N) is 3. The van der Waals surface area contributed by atoms with Crippen molar-refractivity contribution in [1.29, 1.82) is 0 Å². The average Bonchev–Trinajstić information content (AvgIpc) is 2.19. The zero-order chi connectivity index (χ0) is 12.1. The number of anilines is 1. The molecule has 0 aliphatic carbocycles. The number of nitrogens with two attached hydrogens (primary N) is 1. The first-order valence-electron chi connectivity index (χ1n) is 4.72. The van der Waals surface area contributed by atoms with Crippen molar-refractivity contribution in [3.63, 3.8) is 0 Å². The SMILES string of the molecule is CN(C)CCNc1nnc(Cl)cc1C(N)=O. The van der Waals surface area contributed by atoms with Crippen molar-refractivity contribution in [3.8, 4) is 0 Å². The molecule has 1 aromatic heterocycles.